The van der Waals surface area contributed by atoms with Crippen LogP contribution in [0.3, 0.4) is 0 Å². The highest BCUT2D eigenvalue weighted by Crippen LogP contribution is 2.17. The van der Waals surface area contributed by atoms with Crippen molar-refractivity contribution in [2.24, 2.45) is 0 Å². The number of pyridine rings is 1. The maximum Gasteiger partial charge on any atom is 0.323 e. The number of nitrogens with one attached hydrogen (secondary N) is 2. The number of hydrogen-bond acceptors (Lipinski definition) is 3. The number of methoxy groups -OCH3 is 1. The first-order valence-electron chi connectivity index (χ1n) is 6.17. The van der Waals surface area contributed by atoms with Gasteiger partial charge in [-0.2, -0.15) is 0 Å². The van der Waals surface area contributed by atoms with Crippen LogP contribution in [0.1, 0.15) is 5.56 Å². The summed E-state index contributed by atoms with van der Waals surface area (Å²) < 4.78 is 5.07. The fourth-order valence-corrected chi connectivity index (χ4v) is 1.73. The zero-order chi connectivity index (χ0) is 15.1. The topological polar surface area (TPSA) is 63.2 Å². The minimum atomic E-state index is -0.394. The van der Waals surface area contributed by atoms with Gasteiger partial charge in [0.2, 0.25) is 0 Å². The Hall–Kier alpha value is -2.53. The molecule has 0 spiro atoms. The molecule has 1 aromatic heterocycles. The van der Waals surface area contributed by atoms with E-state index in [-0.39, 0.29) is 5.15 Å². The van der Waals surface area contributed by atoms with Gasteiger partial charge in [0.25, 0.3) is 0 Å². The minimum absolute atomic E-state index is 0.242. The molecule has 1 heterocycles. The van der Waals surface area contributed by atoms with Gasteiger partial charge in [0, 0.05) is 12.4 Å². The van der Waals surface area contributed by atoms with Crippen LogP contribution in [0.5, 0.6) is 5.75 Å². The zero-order valence-electron chi connectivity index (χ0n) is 11.3. The number of aromatic nitrogens is 1. The molecule has 0 radical (unpaired) electrons. The van der Waals surface area contributed by atoms with E-state index in [2.05, 4.69) is 15.6 Å². The molecule has 2 N–H and O–H groups in total. The van der Waals surface area contributed by atoms with Crippen LogP contribution in [0.4, 0.5) is 10.5 Å². The molecule has 0 atom stereocenters. The number of benzene rings is 1. The first-order chi connectivity index (χ1) is 10.2. The van der Waals surface area contributed by atoms with Crippen molar-refractivity contribution >= 4 is 29.4 Å². The van der Waals surface area contributed by atoms with Crippen molar-refractivity contribution in [3.05, 3.63) is 59.5 Å². The molecule has 21 heavy (non-hydrogen) atoms. The molecule has 2 rings (SSSR count). The van der Waals surface area contributed by atoms with Crippen LogP contribution < -0.4 is 15.4 Å². The van der Waals surface area contributed by atoms with Crippen molar-refractivity contribution in [3.63, 3.8) is 0 Å². The van der Waals surface area contributed by atoms with Crippen molar-refractivity contribution in [1.82, 2.24) is 10.3 Å². The lowest BCUT2D eigenvalue weighted by molar-refractivity contribution is 0.255. The minimum Gasteiger partial charge on any atom is -0.497 e. The summed E-state index contributed by atoms with van der Waals surface area (Å²) in [6.45, 7) is 0. The quantitative estimate of drug-likeness (QED) is 0.849. The Morgan fingerprint density at radius 1 is 1.29 bits per heavy atom. The smallest absolute Gasteiger partial charge is 0.323 e. The lowest BCUT2D eigenvalue weighted by Gasteiger charge is -2.05. The fraction of sp³-hybridized carbons (Fsp3) is 0.0667. The van der Waals surface area contributed by atoms with Gasteiger partial charge < -0.3 is 15.4 Å². The summed E-state index contributed by atoms with van der Waals surface area (Å²) >= 11 is 5.84. The first kappa shape index (κ1) is 14.9. The lowest BCUT2D eigenvalue weighted by Crippen LogP contribution is -2.23. The summed E-state index contributed by atoms with van der Waals surface area (Å²) in [5.74, 6) is 0.782. The Morgan fingerprint density at radius 3 is 2.71 bits per heavy atom. The van der Waals surface area contributed by atoms with Gasteiger partial charge in [0.05, 0.1) is 12.8 Å². The molecule has 0 aliphatic carbocycles. The molecule has 6 heteroatoms. The summed E-state index contributed by atoms with van der Waals surface area (Å²) in [5.41, 5.74) is 1.39. The maximum absolute atomic E-state index is 11.7. The number of rotatable bonds is 4. The normalized spacial score (nSPS) is 10.4. The highest BCUT2D eigenvalue weighted by Gasteiger charge is 2.03. The Morgan fingerprint density at radius 2 is 2.05 bits per heavy atom. The molecule has 5 nitrogen and oxygen atoms in total. The Balaban J connectivity index is 1.88. The Labute approximate surface area is 127 Å². The molecule has 108 valence electrons. The molecule has 0 fully saturated rings. The lowest BCUT2D eigenvalue weighted by atomic mass is 10.2. The van der Waals surface area contributed by atoms with Crippen LogP contribution in [-0.2, 0) is 0 Å². The van der Waals surface area contributed by atoms with E-state index >= 15 is 0 Å². The van der Waals surface area contributed by atoms with Crippen molar-refractivity contribution in [2.45, 2.75) is 0 Å². The van der Waals surface area contributed by atoms with Crippen molar-refractivity contribution in [3.8, 4) is 5.75 Å². The van der Waals surface area contributed by atoms with Gasteiger partial charge in [-0.15, -0.1) is 0 Å². The number of nitrogens with zero attached hydrogens (tertiary/aromatic N) is 1. The molecule has 2 amide bonds. The molecule has 0 saturated heterocycles. The van der Waals surface area contributed by atoms with Crippen molar-refractivity contribution < 1.29 is 9.53 Å². The molecule has 1 aromatic carbocycles. The molecule has 2 aromatic rings. The van der Waals surface area contributed by atoms with Gasteiger partial charge >= 0.3 is 6.03 Å². The molecular formula is C15H14ClN3O2. The molecule has 0 unspecified atom stereocenters. The van der Waals surface area contributed by atoms with Gasteiger partial charge in [-0.05, 0) is 35.9 Å². The molecule has 0 aliphatic heterocycles. The molecule has 0 bridgehead atoms. The van der Waals surface area contributed by atoms with Gasteiger partial charge in [-0.25, -0.2) is 9.78 Å². The van der Waals surface area contributed by atoms with Gasteiger partial charge in [0.15, 0.2) is 5.15 Å². The highest BCUT2D eigenvalue weighted by atomic mass is 35.5. The van der Waals surface area contributed by atoms with Crippen LogP contribution in [-0.4, -0.2) is 18.1 Å². The summed E-state index contributed by atoms with van der Waals surface area (Å²) in [5, 5.41) is 5.43. The predicted octanol–water partition coefficient (Wildman–Crippen LogP) is 3.54. The summed E-state index contributed by atoms with van der Waals surface area (Å²) in [4.78, 5) is 15.5. The second-order valence-electron chi connectivity index (χ2n) is 4.05. The van der Waals surface area contributed by atoms with Crippen LogP contribution in [0.25, 0.3) is 6.08 Å². The number of anilines is 1. The van der Waals surface area contributed by atoms with Gasteiger partial charge in [-0.1, -0.05) is 23.7 Å². The third-order valence-electron chi connectivity index (χ3n) is 2.61. The van der Waals surface area contributed by atoms with Crippen LogP contribution in [0.15, 0.2) is 48.8 Å². The van der Waals surface area contributed by atoms with Crippen LogP contribution in [0, 0.1) is 0 Å². The number of carbonyl (C=O) groups is 1. The van der Waals surface area contributed by atoms with Crippen molar-refractivity contribution in [2.75, 3.05) is 12.4 Å². The van der Waals surface area contributed by atoms with Crippen molar-refractivity contribution in [1.29, 1.82) is 0 Å². The highest BCUT2D eigenvalue weighted by molar-refractivity contribution is 6.32. The monoisotopic (exact) mass is 303 g/mol. The molecule has 0 saturated carbocycles. The number of hydrogen-bond donors (Lipinski definition) is 2. The van der Waals surface area contributed by atoms with E-state index in [1.165, 1.54) is 0 Å². The third-order valence-corrected chi connectivity index (χ3v) is 2.91. The second-order valence-corrected chi connectivity index (χ2v) is 4.40. The number of urea groups is 1. The summed E-state index contributed by atoms with van der Waals surface area (Å²) in [6, 6.07) is 10.4. The third kappa shape index (κ3) is 4.50. The maximum atomic E-state index is 11.7. The average molecular weight is 304 g/mol. The first-order valence-corrected chi connectivity index (χ1v) is 6.55. The SMILES string of the molecule is COc1ccc(/C=C/NC(=O)Nc2cccnc2Cl)cc1. The van der Waals surface area contributed by atoms with E-state index in [1.54, 1.807) is 37.7 Å². The number of ether oxygens (including phenoxy) is 1. The van der Waals surface area contributed by atoms with E-state index in [9.17, 15) is 4.79 Å². The summed E-state index contributed by atoms with van der Waals surface area (Å²) in [6.07, 6.45) is 4.86. The molecule has 0 aliphatic rings. The molecular weight excluding hydrogens is 290 g/mol. The number of halogens is 1. The van der Waals surface area contributed by atoms with E-state index in [0.717, 1.165) is 11.3 Å². The van der Waals surface area contributed by atoms with Crippen LogP contribution >= 0.6 is 11.6 Å². The largest absolute Gasteiger partial charge is 0.497 e. The summed E-state index contributed by atoms with van der Waals surface area (Å²) in [7, 11) is 1.61. The van der Waals surface area contributed by atoms with E-state index in [1.807, 2.05) is 24.3 Å². The zero-order valence-corrected chi connectivity index (χ0v) is 12.1. The average Bonchev–Trinajstić information content (AvgIpc) is 2.50. The van der Waals surface area contributed by atoms with Gasteiger partial charge in [-0.3, -0.25) is 0 Å². The Kier molecular flexibility index (Phi) is 5.17. The number of amides is 2. The fourth-order valence-electron chi connectivity index (χ4n) is 1.57. The van der Waals surface area contributed by atoms with Crippen LogP contribution in [0.2, 0.25) is 5.15 Å². The number of carbonyl (C=O) groups excluding carboxylic acids is 1. The standard InChI is InChI=1S/C15H14ClN3O2/c1-21-12-6-4-11(5-7-12)8-10-18-15(20)19-13-3-2-9-17-14(13)16/h2-10H,1H3,(H2,18,19,20)/b10-8+. The predicted molar refractivity (Wildman–Crippen MR) is 83.4 cm³/mol. The van der Waals surface area contributed by atoms with E-state index < -0.39 is 6.03 Å². The second kappa shape index (κ2) is 7.31. The van der Waals surface area contributed by atoms with Gasteiger partial charge in [0.1, 0.15) is 5.75 Å². The van der Waals surface area contributed by atoms with E-state index in [4.69, 9.17) is 16.3 Å². The van der Waals surface area contributed by atoms with E-state index in [0.29, 0.717) is 5.69 Å². The Bertz CT molecular complexity index is 642.